The Bertz CT molecular complexity index is 248. The van der Waals surface area contributed by atoms with Crippen molar-refractivity contribution in [3.8, 4) is 0 Å². The lowest BCUT2D eigenvalue weighted by Gasteiger charge is -2.26. The molecule has 5 nitrogen and oxygen atoms in total. The van der Waals surface area contributed by atoms with E-state index in [-0.39, 0.29) is 18.6 Å². The highest BCUT2D eigenvalue weighted by molar-refractivity contribution is 5.74. The zero-order chi connectivity index (χ0) is 12.9. The number of hydrogen-bond acceptors (Lipinski definition) is 3. The summed E-state index contributed by atoms with van der Waals surface area (Å²) in [4.78, 5) is 11.5. The lowest BCUT2D eigenvalue weighted by atomic mass is 9.94. The minimum Gasteiger partial charge on any atom is -0.388 e. The second-order valence-electron chi connectivity index (χ2n) is 5.48. The molecule has 100 valence electrons. The van der Waals surface area contributed by atoms with E-state index in [1.165, 1.54) is 0 Å². The van der Waals surface area contributed by atoms with Crippen LogP contribution in [0.1, 0.15) is 33.6 Å². The van der Waals surface area contributed by atoms with Gasteiger partial charge in [-0.2, -0.15) is 0 Å². The molecule has 2 amide bonds. The molecule has 0 aromatic rings. The third-order valence-electron chi connectivity index (χ3n) is 2.74. The molecular weight excluding hydrogens is 220 g/mol. The minimum absolute atomic E-state index is 0.102. The van der Waals surface area contributed by atoms with E-state index in [9.17, 15) is 9.90 Å². The Morgan fingerprint density at radius 1 is 1.59 bits per heavy atom. The van der Waals surface area contributed by atoms with E-state index in [1.54, 1.807) is 6.92 Å². The SMILES string of the molecule is CC(C)CC(C)(O)CNC(=O)NC1CCOC1. The van der Waals surface area contributed by atoms with Crippen LogP contribution < -0.4 is 10.6 Å². The molecule has 0 aromatic heterocycles. The fraction of sp³-hybridized carbons (Fsp3) is 0.917. The first-order valence-corrected chi connectivity index (χ1v) is 6.23. The van der Waals surface area contributed by atoms with E-state index in [1.807, 2.05) is 13.8 Å². The number of nitrogens with one attached hydrogen (secondary N) is 2. The summed E-state index contributed by atoms with van der Waals surface area (Å²) in [6.45, 7) is 7.39. The summed E-state index contributed by atoms with van der Waals surface area (Å²) >= 11 is 0. The van der Waals surface area contributed by atoms with Gasteiger partial charge in [-0.1, -0.05) is 13.8 Å². The van der Waals surface area contributed by atoms with E-state index in [2.05, 4.69) is 10.6 Å². The zero-order valence-corrected chi connectivity index (χ0v) is 11.0. The van der Waals surface area contributed by atoms with Crippen LogP contribution in [-0.4, -0.2) is 42.5 Å². The predicted molar refractivity (Wildman–Crippen MR) is 65.8 cm³/mol. The van der Waals surface area contributed by atoms with Crippen LogP contribution in [0.3, 0.4) is 0 Å². The third-order valence-corrected chi connectivity index (χ3v) is 2.74. The van der Waals surface area contributed by atoms with Gasteiger partial charge in [-0.25, -0.2) is 4.79 Å². The Balaban J connectivity index is 2.22. The maximum atomic E-state index is 11.5. The quantitative estimate of drug-likeness (QED) is 0.672. The van der Waals surface area contributed by atoms with Crippen LogP contribution in [-0.2, 0) is 4.74 Å². The maximum Gasteiger partial charge on any atom is 0.315 e. The Morgan fingerprint density at radius 2 is 2.29 bits per heavy atom. The molecule has 0 saturated carbocycles. The number of carbonyl (C=O) groups excluding carboxylic acids is 1. The van der Waals surface area contributed by atoms with Gasteiger partial charge in [0.05, 0.1) is 18.2 Å². The fourth-order valence-corrected chi connectivity index (χ4v) is 2.11. The molecule has 1 fully saturated rings. The van der Waals surface area contributed by atoms with Gasteiger partial charge < -0.3 is 20.5 Å². The Labute approximate surface area is 103 Å². The van der Waals surface area contributed by atoms with Crippen LogP contribution in [0.5, 0.6) is 0 Å². The summed E-state index contributed by atoms with van der Waals surface area (Å²) in [5.41, 5.74) is -0.850. The summed E-state index contributed by atoms with van der Waals surface area (Å²) in [5.74, 6) is 0.401. The highest BCUT2D eigenvalue weighted by Crippen LogP contribution is 2.14. The standard InChI is InChI=1S/C12H24N2O3/c1-9(2)6-12(3,16)8-13-11(15)14-10-4-5-17-7-10/h9-10,16H,4-8H2,1-3H3,(H2,13,14,15). The minimum atomic E-state index is -0.850. The molecule has 1 heterocycles. The van der Waals surface area contributed by atoms with Gasteiger partial charge in [-0.15, -0.1) is 0 Å². The van der Waals surface area contributed by atoms with E-state index in [0.717, 1.165) is 6.42 Å². The van der Waals surface area contributed by atoms with Gasteiger partial charge in [-0.3, -0.25) is 0 Å². The molecule has 0 bridgehead atoms. The number of carbonyl (C=O) groups is 1. The lowest BCUT2D eigenvalue weighted by Crippen LogP contribution is -2.48. The summed E-state index contributed by atoms with van der Waals surface area (Å²) in [7, 11) is 0. The van der Waals surface area contributed by atoms with Gasteiger partial charge in [0, 0.05) is 13.2 Å². The fourth-order valence-electron chi connectivity index (χ4n) is 2.11. The first-order valence-electron chi connectivity index (χ1n) is 6.23. The smallest absolute Gasteiger partial charge is 0.315 e. The molecule has 0 aromatic carbocycles. The molecular formula is C12H24N2O3. The molecule has 1 rings (SSSR count). The summed E-state index contributed by atoms with van der Waals surface area (Å²) < 4.78 is 5.16. The van der Waals surface area contributed by atoms with E-state index in [0.29, 0.717) is 25.6 Å². The lowest BCUT2D eigenvalue weighted by molar-refractivity contribution is 0.0407. The van der Waals surface area contributed by atoms with Crippen LogP contribution in [0.25, 0.3) is 0 Å². The number of amides is 2. The molecule has 2 unspecified atom stereocenters. The number of aliphatic hydroxyl groups is 1. The number of ether oxygens (including phenoxy) is 1. The van der Waals surface area contributed by atoms with Crippen LogP contribution in [0, 0.1) is 5.92 Å². The van der Waals surface area contributed by atoms with Crippen molar-refractivity contribution in [2.75, 3.05) is 19.8 Å². The largest absolute Gasteiger partial charge is 0.388 e. The summed E-state index contributed by atoms with van der Waals surface area (Å²) in [6, 6.07) is -0.130. The number of rotatable bonds is 5. The number of urea groups is 1. The van der Waals surface area contributed by atoms with Crippen LogP contribution in [0.15, 0.2) is 0 Å². The van der Waals surface area contributed by atoms with Crippen molar-refractivity contribution >= 4 is 6.03 Å². The topological polar surface area (TPSA) is 70.6 Å². The third kappa shape index (κ3) is 5.89. The van der Waals surface area contributed by atoms with Gasteiger partial charge in [0.2, 0.25) is 0 Å². The van der Waals surface area contributed by atoms with Crippen LogP contribution in [0.2, 0.25) is 0 Å². The van der Waals surface area contributed by atoms with Crippen molar-refractivity contribution < 1.29 is 14.6 Å². The molecule has 1 saturated heterocycles. The predicted octanol–water partition coefficient (Wildman–Crippen LogP) is 0.872. The zero-order valence-electron chi connectivity index (χ0n) is 11.0. The second-order valence-corrected chi connectivity index (χ2v) is 5.48. The van der Waals surface area contributed by atoms with Crippen LogP contribution >= 0.6 is 0 Å². The average Bonchev–Trinajstić information content (AvgIpc) is 2.65. The van der Waals surface area contributed by atoms with E-state index < -0.39 is 5.60 Å². The molecule has 2 atom stereocenters. The summed E-state index contributed by atoms with van der Waals surface area (Å²) in [6.07, 6.45) is 1.52. The van der Waals surface area contributed by atoms with E-state index in [4.69, 9.17) is 4.74 Å². The van der Waals surface area contributed by atoms with Crippen molar-refractivity contribution in [2.24, 2.45) is 5.92 Å². The molecule has 1 aliphatic rings. The Hall–Kier alpha value is -0.810. The van der Waals surface area contributed by atoms with Crippen molar-refractivity contribution in [2.45, 2.75) is 45.3 Å². The second kappa shape index (κ2) is 6.21. The summed E-state index contributed by atoms with van der Waals surface area (Å²) in [5, 5.41) is 15.5. The first-order chi connectivity index (χ1) is 7.89. The maximum absolute atomic E-state index is 11.5. The number of hydrogen-bond donors (Lipinski definition) is 3. The molecule has 17 heavy (non-hydrogen) atoms. The highest BCUT2D eigenvalue weighted by atomic mass is 16.5. The van der Waals surface area contributed by atoms with Gasteiger partial charge in [0.25, 0.3) is 0 Å². The highest BCUT2D eigenvalue weighted by Gasteiger charge is 2.23. The van der Waals surface area contributed by atoms with Gasteiger partial charge in [0.1, 0.15) is 0 Å². The molecule has 5 heteroatoms. The van der Waals surface area contributed by atoms with E-state index >= 15 is 0 Å². The van der Waals surface area contributed by atoms with Crippen molar-refractivity contribution in [3.05, 3.63) is 0 Å². The first kappa shape index (κ1) is 14.3. The molecule has 0 spiro atoms. The Kier molecular flexibility index (Phi) is 5.21. The van der Waals surface area contributed by atoms with Gasteiger partial charge in [0.15, 0.2) is 0 Å². The average molecular weight is 244 g/mol. The van der Waals surface area contributed by atoms with Crippen molar-refractivity contribution in [1.82, 2.24) is 10.6 Å². The van der Waals surface area contributed by atoms with Crippen LogP contribution in [0.4, 0.5) is 4.79 Å². The van der Waals surface area contributed by atoms with Gasteiger partial charge >= 0.3 is 6.03 Å². The monoisotopic (exact) mass is 244 g/mol. The molecule has 0 radical (unpaired) electrons. The normalized spacial score (nSPS) is 23.5. The molecule has 3 N–H and O–H groups in total. The Morgan fingerprint density at radius 3 is 2.82 bits per heavy atom. The molecule has 0 aliphatic carbocycles. The van der Waals surface area contributed by atoms with Crippen molar-refractivity contribution in [3.63, 3.8) is 0 Å². The molecule has 1 aliphatic heterocycles. The van der Waals surface area contributed by atoms with Crippen molar-refractivity contribution in [1.29, 1.82) is 0 Å². The van der Waals surface area contributed by atoms with Gasteiger partial charge in [-0.05, 0) is 25.7 Å².